The summed E-state index contributed by atoms with van der Waals surface area (Å²) in [5.41, 5.74) is 0. The Morgan fingerprint density at radius 3 is 2.29 bits per heavy atom. The molecule has 2 amide bonds. The van der Waals surface area contributed by atoms with Gasteiger partial charge in [-0.05, 0) is 46.5 Å². The fraction of sp³-hybridized carbons (Fsp3) is 0.857. The first-order valence-corrected chi connectivity index (χ1v) is 9.03. The first kappa shape index (κ1) is 16.3. The predicted molar refractivity (Wildman–Crippen MR) is 79.4 cm³/mol. The smallest absolute Gasteiger partial charge is 0.245 e. The van der Waals surface area contributed by atoms with E-state index in [0.29, 0.717) is 0 Å². The van der Waals surface area contributed by atoms with Gasteiger partial charge in [-0.1, -0.05) is 0 Å². The lowest BCUT2D eigenvalue weighted by molar-refractivity contribution is -0.149. The van der Waals surface area contributed by atoms with Gasteiger partial charge in [-0.15, -0.1) is 0 Å². The molecule has 1 heterocycles. The topological polar surface area (TPSA) is 83.6 Å². The molecule has 6 nitrogen and oxygen atoms in total. The Kier molecular flexibility index (Phi) is 4.08. The van der Waals surface area contributed by atoms with E-state index in [0.717, 1.165) is 12.8 Å². The quantitative estimate of drug-likeness (QED) is 0.810. The zero-order chi connectivity index (χ0) is 16.0. The number of nitrogens with one attached hydrogen (secondary N) is 1. The SMILES string of the molecule is CC1NC(=O)C(C2CC2)N(CCS(=O)(=O)C(C)(C)C)C1=O. The molecule has 21 heavy (non-hydrogen) atoms. The zero-order valence-electron chi connectivity index (χ0n) is 13.0. The lowest BCUT2D eigenvalue weighted by Gasteiger charge is -2.38. The maximum Gasteiger partial charge on any atom is 0.245 e. The molecule has 1 N–H and O–H groups in total. The molecule has 2 fully saturated rings. The van der Waals surface area contributed by atoms with E-state index < -0.39 is 26.7 Å². The molecule has 1 saturated heterocycles. The van der Waals surface area contributed by atoms with Crippen LogP contribution in [0.25, 0.3) is 0 Å². The van der Waals surface area contributed by atoms with Crippen molar-refractivity contribution in [2.24, 2.45) is 5.92 Å². The van der Waals surface area contributed by atoms with E-state index in [4.69, 9.17) is 0 Å². The third-order valence-corrected chi connectivity index (χ3v) is 6.81. The van der Waals surface area contributed by atoms with Gasteiger partial charge in [0.2, 0.25) is 11.8 Å². The number of rotatable bonds is 4. The molecule has 1 saturated carbocycles. The molecule has 0 spiro atoms. The van der Waals surface area contributed by atoms with Crippen molar-refractivity contribution in [2.75, 3.05) is 12.3 Å². The van der Waals surface area contributed by atoms with Crippen LogP contribution < -0.4 is 5.32 Å². The minimum absolute atomic E-state index is 0.0946. The summed E-state index contributed by atoms with van der Waals surface area (Å²) in [5.74, 6) is -0.266. The molecular formula is C14H24N2O4S. The number of amides is 2. The van der Waals surface area contributed by atoms with Gasteiger partial charge in [-0.3, -0.25) is 9.59 Å². The standard InChI is InChI=1S/C14H24N2O4S/c1-9-13(18)16(7-8-21(19,20)14(2,3)4)11(10-5-6-10)12(17)15-9/h9-11H,5-8H2,1-4H3,(H,15,17). The second-order valence-corrected chi connectivity index (χ2v) is 9.84. The zero-order valence-corrected chi connectivity index (χ0v) is 13.9. The highest BCUT2D eigenvalue weighted by molar-refractivity contribution is 7.92. The van der Waals surface area contributed by atoms with Crippen molar-refractivity contribution in [1.29, 1.82) is 0 Å². The third-order valence-electron chi connectivity index (χ3n) is 4.22. The average Bonchev–Trinajstić information content (AvgIpc) is 3.14. The van der Waals surface area contributed by atoms with Gasteiger partial charge in [0.1, 0.15) is 12.1 Å². The number of hydrogen-bond donors (Lipinski definition) is 1. The molecule has 1 aliphatic heterocycles. The first-order chi connectivity index (χ1) is 9.54. The van der Waals surface area contributed by atoms with Crippen molar-refractivity contribution >= 4 is 21.7 Å². The van der Waals surface area contributed by atoms with E-state index >= 15 is 0 Å². The molecule has 1 aliphatic carbocycles. The molecule has 0 aromatic rings. The molecule has 120 valence electrons. The van der Waals surface area contributed by atoms with Crippen LogP contribution in [0.1, 0.15) is 40.5 Å². The number of carbonyl (C=O) groups excluding carboxylic acids is 2. The van der Waals surface area contributed by atoms with Crippen LogP contribution in [-0.2, 0) is 19.4 Å². The highest BCUT2D eigenvalue weighted by atomic mass is 32.2. The maximum atomic E-state index is 12.3. The van der Waals surface area contributed by atoms with Crippen molar-refractivity contribution in [3.63, 3.8) is 0 Å². The minimum Gasteiger partial charge on any atom is -0.343 e. The second-order valence-electron chi connectivity index (χ2n) is 6.98. The van der Waals surface area contributed by atoms with E-state index in [1.165, 1.54) is 4.90 Å². The maximum absolute atomic E-state index is 12.3. The normalized spacial score (nSPS) is 27.7. The molecule has 7 heteroatoms. The number of sulfone groups is 1. The van der Waals surface area contributed by atoms with Crippen LogP contribution in [0.2, 0.25) is 0 Å². The van der Waals surface area contributed by atoms with Crippen LogP contribution in [0.3, 0.4) is 0 Å². The number of carbonyl (C=O) groups is 2. The Hall–Kier alpha value is -1.11. The summed E-state index contributed by atoms with van der Waals surface area (Å²) < 4.78 is 23.6. The molecule has 0 aromatic heterocycles. The van der Waals surface area contributed by atoms with Gasteiger partial charge in [0.05, 0.1) is 10.5 Å². The van der Waals surface area contributed by atoms with Gasteiger partial charge in [0.15, 0.2) is 9.84 Å². The Labute approximate surface area is 126 Å². The fourth-order valence-corrected chi connectivity index (χ4v) is 3.59. The highest BCUT2D eigenvalue weighted by Gasteiger charge is 2.47. The van der Waals surface area contributed by atoms with Gasteiger partial charge in [-0.25, -0.2) is 8.42 Å². The summed E-state index contributed by atoms with van der Waals surface area (Å²) in [5, 5.41) is 2.68. The summed E-state index contributed by atoms with van der Waals surface area (Å²) in [4.78, 5) is 25.9. The van der Waals surface area contributed by atoms with Crippen molar-refractivity contribution in [2.45, 2.75) is 57.4 Å². The van der Waals surface area contributed by atoms with E-state index in [1.807, 2.05) is 0 Å². The minimum atomic E-state index is -3.31. The van der Waals surface area contributed by atoms with Gasteiger partial charge in [0.25, 0.3) is 0 Å². The third kappa shape index (κ3) is 3.22. The van der Waals surface area contributed by atoms with Crippen LogP contribution in [0, 0.1) is 5.92 Å². The Balaban J connectivity index is 2.15. The molecule has 2 atom stereocenters. The lowest BCUT2D eigenvalue weighted by Crippen LogP contribution is -2.64. The molecule has 2 rings (SSSR count). The molecule has 0 radical (unpaired) electrons. The van der Waals surface area contributed by atoms with Crippen LogP contribution in [0.5, 0.6) is 0 Å². The Bertz CT molecular complexity index is 546. The Morgan fingerprint density at radius 1 is 1.24 bits per heavy atom. The second kappa shape index (κ2) is 5.26. The number of hydrogen-bond acceptors (Lipinski definition) is 4. The monoisotopic (exact) mass is 316 g/mol. The summed E-state index contributed by atoms with van der Waals surface area (Å²) in [6.07, 6.45) is 1.84. The molecule has 0 bridgehead atoms. The van der Waals surface area contributed by atoms with Gasteiger partial charge in [-0.2, -0.15) is 0 Å². The van der Waals surface area contributed by atoms with Crippen molar-refractivity contribution in [3.05, 3.63) is 0 Å². The molecule has 2 unspecified atom stereocenters. The molecule has 2 aliphatic rings. The van der Waals surface area contributed by atoms with Crippen molar-refractivity contribution in [1.82, 2.24) is 10.2 Å². The summed E-state index contributed by atoms with van der Waals surface area (Å²) in [6, 6.07) is -1.08. The predicted octanol–water partition coefficient (Wildman–Crippen LogP) is 0.325. The van der Waals surface area contributed by atoms with Crippen molar-refractivity contribution < 1.29 is 18.0 Å². The van der Waals surface area contributed by atoms with Gasteiger partial charge < -0.3 is 10.2 Å². The van der Waals surface area contributed by atoms with Crippen molar-refractivity contribution in [3.8, 4) is 0 Å². The number of piperazine rings is 1. The number of nitrogens with zero attached hydrogens (tertiary/aromatic N) is 1. The summed E-state index contributed by atoms with van der Waals surface area (Å²) in [6.45, 7) is 6.67. The summed E-state index contributed by atoms with van der Waals surface area (Å²) >= 11 is 0. The van der Waals surface area contributed by atoms with Crippen LogP contribution in [0.4, 0.5) is 0 Å². The first-order valence-electron chi connectivity index (χ1n) is 7.38. The molecular weight excluding hydrogens is 292 g/mol. The van der Waals surface area contributed by atoms with Gasteiger partial charge in [0, 0.05) is 6.54 Å². The van der Waals surface area contributed by atoms with E-state index in [1.54, 1.807) is 27.7 Å². The van der Waals surface area contributed by atoms with E-state index in [9.17, 15) is 18.0 Å². The highest BCUT2D eigenvalue weighted by Crippen LogP contribution is 2.37. The van der Waals surface area contributed by atoms with Crippen LogP contribution >= 0.6 is 0 Å². The largest absolute Gasteiger partial charge is 0.343 e. The average molecular weight is 316 g/mol. The molecule has 0 aromatic carbocycles. The Morgan fingerprint density at radius 2 is 1.81 bits per heavy atom. The van der Waals surface area contributed by atoms with Crippen LogP contribution in [0.15, 0.2) is 0 Å². The van der Waals surface area contributed by atoms with E-state index in [2.05, 4.69) is 5.32 Å². The van der Waals surface area contributed by atoms with Crippen LogP contribution in [-0.4, -0.2) is 54.3 Å². The summed E-state index contributed by atoms with van der Waals surface area (Å²) in [7, 11) is -3.31. The van der Waals surface area contributed by atoms with Gasteiger partial charge >= 0.3 is 0 Å². The lowest BCUT2D eigenvalue weighted by atomic mass is 10.0. The van der Waals surface area contributed by atoms with E-state index in [-0.39, 0.29) is 30.0 Å². The fourth-order valence-electron chi connectivity index (χ4n) is 2.54.